The van der Waals surface area contributed by atoms with Gasteiger partial charge in [-0.15, -0.1) is 0 Å². The molecule has 1 aliphatic carbocycles. The Hall–Kier alpha value is -3.07. The molecule has 0 bridgehead atoms. The largest absolute Gasteiger partial charge is 0.489 e. The van der Waals surface area contributed by atoms with E-state index in [9.17, 15) is 4.79 Å². The van der Waals surface area contributed by atoms with Gasteiger partial charge in [0.05, 0.1) is 0 Å². The third-order valence-electron chi connectivity index (χ3n) is 6.85. The van der Waals surface area contributed by atoms with Crippen molar-refractivity contribution in [2.24, 2.45) is 0 Å². The molecule has 33 heavy (non-hydrogen) atoms. The third-order valence-corrected chi connectivity index (χ3v) is 6.85. The number of hydrogen-bond donors (Lipinski definition) is 0. The van der Waals surface area contributed by atoms with Crippen molar-refractivity contribution in [3.63, 3.8) is 0 Å². The van der Waals surface area contributed by atoms with Gasteiger partial charge in [-0.3, -0.25) is 4.79 Å². The predicted molar refractivity (Wildman–Crippen MR) is 134 cm³/mol. The molecular weight excluding hydrogens is 406 g/mol. The lowest BCUT2D eigenvalue weighted by atomic mass is 9.81. The minimum atomic E-state index is 0.214. The molecule has 0 heterocycles. The molecule has 3 nitrogen and oxygen atoms in total. The van der Waals surface area contributed by atoms with Crippen molar-refractivity contribution in [2.75, 3.05) is 6.54 Å². The zero-order chi connectivity index (χ0) is 22.9. The van der Waals surface area contributed by atoms with E-state index < -0.39 is 0 Å². The summed E-state index contributed by atoms with van der Waals surface area (Å²) < 4.78 is 5.93. The van der Waals surface area contributed by atoms with Crippen LogP contribution in [0.25, 0.3) is 0 Å². The number of rotatable bonds is 9. The zero-order valence-electron chi connectivity index (χ0n) is 19.7. The van der Waals surface area contributed by atoms with Gasteiger partial charge < -0.3 is 9.64 Å². The van der Waals surface area contributed by atoms with E-state index in [0.717, 1.165) is 50.8 Å². The fourth-order valence-electron chi connectivity index (χ4n) is 4.99. The van der Waals surface area contributed by atoms with Crippen molar-refractivity contribution < 1.29 is 9.53 Å². The minimum Gasteiger partial charge on any atom is -0.489 e. The number of aryl methyl sites for hydroxylation is 1. The van der Waals surface area contributed by atoms with E-state index in [1.807, 2.05) is 18.2 Å². The molecule has 0 N–H and O–H groups in total. The lowest BCUT2D eigenvalue weighted by molar-refractivity contribution is -0.131. The average molecular weight is 442 g/mol. The van der Waals surface area contributed by atoms with Gasteiger partial charge in [-0.25, -0.2) is 0 Å². The average Bonchev–Trinajstić information content (AvgIpc) is 2.87. The number of nitrogens with zero attached hydrogens (tertiary/aromatic N) is 1. The molecule has 0 saturated heterocycles. The highest BCUT2D eigenvalue weighted by Crippen LogP contribution is 2.35. The summed E-state index contributed by atoms with van der Waals surface area (Å²) >= 11 is 0. The first kappa shape index (κ1) is 23.1. The van der Waals surface area contributed by atoms with E-state index in [1.54, 1.807) is 6.92 Å². The SMILES string of the molecule is CC(=O)N(CCCc1ccccc1)[C@H]1CC[C@H](c2ccc(OCc3ccccc3)cc2)CC1. The standard InChI is InChI=1S/C30H35NO2/c1-24(32)31(22-8-13-25-9-4-2-5-10-25)29-18-14-27(15-19-29)28-16-20-30(21-17-28)33-23-26-11-6-3-7-12-26/h2-7,9-12,16-17,20-21,27,29H,8,13-15,18-19,22-23H2,1H3/t27-,29-. The smallest absolute Gasteiger partial charge is 0.219 e. The first-order chi connectivity index (χ1) is 16.2. The molecule has 3 heteroatoms. The molecule has 0 radical (unpaired) electrons. The maximum absolute atomic E-state index is 12.4. The molecule has 0 aliphatic heterocycles. The van der Waals surface area contributed by atoms with E-state index in [2.05, 4.69) is 71.6 Å². The van der Waals surface area contributed by atoms with Crippen LogP contribution in [0.3, 0.4) is 0 Å². The molecule has 1 saturated carbocycles. The number of carbonyl (C=O) groups excluding carboxylic acids is 1. The molecule has 0 aromatic heterocycles. The Morgan fingerprint density at radius 2 is 1.42 bits per heavy atom. The van der Waals surface area contributed by atoms with Crippen molar-refractivity contribution in [2.45, 2.75) is 64.0 Å². The van der Waals surface area contributed by atoms with E-state index in [0.29, 0.717) is 18.6 Å². The second kappa shape index (κ2) is 11.7. The summed E-state index contributed by atoms with van der Waals surface area (Å²) in [6, 6.07) is 29.8. The maximum Gasteiger partial charge on any atom is 0.219 e. The lowest BCUT2D eigenvalue weighted by Crippen LogP contribution is -2.41. The van der Waals surface area contributed by atoms with E-state index >= 15 is 0 Å². The summed E-state index contributed by atoms with van der Waals surface area (Å²) in [5.41, 5.74) is 3.92. The molecule has 172 valence electrons. The Labute approximate surface area is 198 Å². The molecular formula is C30H35NO2. The van der Waals surface area contributed by atoms with Crippen molar-refractivity contribution >= 4 is 5.91 Å². The van der Waals surface area contributed by atoms with Crippen LogP contribution in [0.4, 0.5) is 0 Å². The molecule has 1 amide bonds. The summed E-state index contributed by atoms with van der Waals surface area (Å²) in [5, 5.41) is 0. The van der Waals surface area contributed by atoms with Crippen molar-refractivity contribution in [1.29, 1.82) is 0 Å². The molecule has 3 aromatic rings. The van der Waals surface area contributed by atoms with Crippen LogP contribution in [0.15, 0.2) is 84.9 Å². The number of hydrogen-bond acceptors (Lipinski definition) is 2. The quantitative estimate of drug-likeness (QED) is 0.367. The summed E-state index contributed by atoms with van der Waals surface area (Å²) in [5.74, 6) is 1.70. The molecule has 4 rings (SSSR count). The molecule has 3 aromatic carbocycles. The molecule has 0 spiro atoms. The van der Waals surface area contributed by atoms with Gasteiger partial charge >= 0.3 is 0 Å². The normalized spacial score (nSPS) is 18.0. The number of ether oxygens (including phenoxy) is 1. The second-order valence-electron chi connectivity index (χ2n) is 9.15. The first-order valence-electron chi connectivity index (χ1n) is 12.3. The number of amides is 1. The van der Waals surface area contributed by atoms with Crippen molar-refractivity contribution in [1.82, 2.24) is 4.90 Å². The van der Waals surface area contributed by atoms with Crippen molar-refractivity contribution in [3.8, 4) is 5.75 Å². The van der Waals surface area contributed by atoms with Crippen LogP contribution in [0.5, 0.6) is 5.75 Å². The summed E-state index contributed by atoms with van der Waals surface area (Å²) in [6.45, 7) is 3.17. The Morgan fingerprint density at radius 3 is 2.03 bits per heavy atom. The summed E-state index contributed by atoms with van der Waals surface area (Å²) in [7, 11) is 0. The highest BCUT2D eigenvalue weighted by atomic mass is 16.5. The van der Waals surface area contributed by atoms with Crippen LogP contribution in [0, 0.1) is 0 Å². The fraction of sp³-hybridized carbons (Fsp3) is 0.367. The van der Waals surface area contributed by atoms with Crippen LogP contribution in [0.2, 0.25) is 0 Å². The van der Waals surface area contributed by atoms with Crippen LogP contribution in [-0.4, -0.2) is 23.4 Å². The van der Waals surface area contributed by atoms with E-state index in [-0.39, 0.29) is 5.91 Å². The molecule has 0 unspecified atom stereocenters. The van der Waals surface area contributed by atoms with Gasteiger partial charge in [0, 0.05) is 19.5 Å². The number of benzene rings is 3. The monoisotopic (exact) mass is 441 g/mol. The van der Waals surface area contributed by atoms with Crippen LogP contribution < -0.4 is 4.74 Å². The predicted octanol–water partition coefficient (Wildman–Crippen LogP) is 6.77. The van der Waals surface area contributed by atoms with Gasteiger partial charge in [0.15, 0.2) is 0 Å². The van der Waals surface area contributed by atoms with E-state index in [1.165, 1.54) is 16.7 Å². The van der Waals surface area contributed by atoms with Gasteiger partial charge in [-0.05, 0) is 73.3 Å². The maximum atomic E-state index is 12.4. The van der Waals surface area contributed by atoms with Crippen molar-refractivity contribution in [3.05, 3.63) is 102 Å². The van der Waals surface area contributed by atoms with Gasteiger partial charge in [0.1, 0.15) is 12.4 Å². The minimum absolute atomic E-state index is 0.214. The summed E-state index contributed by atoms with van der Waals surface area (Å²) in [4.78, 5) is 14.5. The topological polar surface area (TPSA) is 29.5 Å². The molecule has 0 atom stereocenters. The third kappa shape index (κ3) is 6.71. The lowest BCUT2D eigenvalue weighted by Gasteiger charge is -2.37. The van der Waals surface area contributed by atoms with Crippen LogP contribution in [0.1, 0.15) is 61.6 Å². The summed E-state index contributed by atoms with van der Waals surface area (Å²) in [6.07, 6.45) is 6.49. The van der Waals surface area contributed by atoms with Crippen LogP contribution in [-0.2, 0) is 17.8 Å². The van der Waals surface area contributed by atoms with Gasteiger partial charge in [0.2, 0.25) is 5.91 Å². The molecule has 1 aliphatic rings. The Kier molecular flexibility index (Phi) is 8.19. The first-order valence-corrected chi connectivity index (χ1v) is 12.3. The second-order valence-corrected chi connectivity index (χ2v) is 9.15. The Morgan fingerprint density at radius 1 is 0.818 bits per heavy atom. The Bertz CT molecular complexity index is 977. The highest BCUT2D eigenvalue weighted by Gasteiger charge is 2.27. The van der Waals surface area contributed by atoms with Gasteiger partial charge in [-0.2, -0.15) is 0 Å². The van der Waals surface area contributed by atoms with Gasteiger partial charge in [-0.1, -0.05) is 72.8 Å². The van der Waals surface area contributed by atoms with Crippen LogP contribution >= 0.6 is 0 Å². The molecule has 1 fully saturated rings. The van der Waals surface area contributed by atoms with Gasteiger partial charge in [0.25, 0.3) is 0 Å². The fourth-order valence-corrected chi connectivity index (χ4v) is 4.99. The Balaban J connectivity index is 1.25. The van der Waals surface area contributed by atoms with E-state index in [4.69, 9.17) is 4.74 Å². The highest BCUT2D eigenvalue weighted by molar-refractivity contribution is 5.73. The number of carbonyl (C=O) groups is 1. The zero-order valence-corrected chi connectivity index (χ0v) is 19.7.